The molecule has 0 aliphatic heterocycles. The van der Waals surface area contributed by atoms with Crippen LogP contribution in [0, 0.1) is 0 Å². The van der Waals surface area contributed by atoms with E-state index in [1.54, 1.807) is 33.8 Å². The van der Waals surface area contributed by atoms with Gasteiger partial charge in [0.2, 0.25) is 0 Å². The number of anilines is 1. The number of alkyl carbamates (subject to hydrolysis) is 1. The molecule has 0 saturated heterocycles. The third kappa shape index (κ3) is 11.6. The first-order chi connectivity index (χ1) is 17.6. The van der Waals surface area contributed by atoms with Gasteiger partial charge in [0, 0.05) is 24.0 Å². The van der Waals surface area contributed by atoms with Crippen molar-refractivity contribution in [1.29, 1.82) is 0 Å². The van der Waals surface area contributed by atoms with Gasteiger partial charge in [0.1, 0.15) is 23.6 Å². The third-order valence-corrected chi connectivity index (χ3v) is 5.07. The molecule has 0 atom stereocenters. The van der Waals surface area contributed by atoms with Gasteiger partial charge >= 0.3 is 18.1 Å². The minimum Gasteiger partial charge on any atom is -0.493 e. The van der Waals surface area contributed by atoms with Crippen molar-refractivity contribution in [3.8, 4) is 5.75 Å². The highest BCUT2D eigenvalue weighted by Crippen LogP contribution is 2.19. The maximum absolute atomic E-state index is 12.3. The monoisotopic (exact) mass is 535 g/mol. The first-order valence-electron chi connectivity index (χ1n) is 11.7. The second-order valence-corrected chi connectivity index (χ2v) is 9.43. The van der Waals surface area contributed by atoms with E-state index >= 15 is 0 Å². The normalized spacial score (nSPS) is 10.7. The first-order valence-corrected chi connectivity index (χ1v) is 12.6. The molecular weight excluding hydrogens is 502 g/mol. The Balaban J connectivity index is 1.75. The van der Waals surface area contributed by atoms with Crippen molar-refractivity contribution < 1.29 is 33.4 Å². The summed E-state index contributed by atoms with van der Waals surface area (Å²) in [7, 11) is 0. The quantitative estimate of drug-likeness (QED) is 0.239. The fourth-order valence-electron chi connectivity index (χ4n) is 2.76. The molecule has 2 aromatic rings. The van der Waals surface area contributed by atoms with Crippen molar-refractivity contribution in [2.75, 3.05) is 31.6 Å². The Morgan fingerprint density at radius 2 is 1.81 bits per heavy atom. The van der Waals surface area contributed by atoms with Crippen molar-refractivity contribution in [1.82, 2.24) is 20.9 Å². The number of esters is 1. The highest BCUT2D eigenvalue weighted by atomic mass is 32.1. The summed E-state index contributed by atoms with van der Waals surface area (Å²) in [4.78, 5) is 51.5. The molecule has 2 rings (SSSR count). The average molecular weight is 536 g/mol. The van der Waals surface area contributed by atoms with E-state index in [1.165, 1.54) is 5.38 Å². The lowest BCUT2D eigenvalue weighted by Gasteiger charge is -2.19. The van der Waals surface area contributed by atoms with E-state index in [0.29, 0.717) is 25.3 Å². The van der Waals surface area contributed by atoms with Crippen LogP contribution in [0.25, 0.3) is 0 Å². The van der Waals surface area contributed by atoms with E-state index in [9.17, 15) is 19.2 Å². The summed E-state index contributed by atoms with van der Waals surface area (Å²) in [6.07, 6.45) is 0.0918. The standard InChI is InChI=1S/C24H33N5O7S/c1-5-34-19(30)14-26-20(31)17-15-37-22(28-17)29-21(32)27-13-16-9-6-7-10-18(16)35-12-8-11-25-23(33)36-24(2,3)4/h6-7,9-10,15H,5,8,11-14H2,1-4H3,(H,25,33)(H,26,31)(H2,27,28,29,32). The molecule has 0 radical (unpaired) electrons. The molecule has 0 bridgehead atoms. The number of ether oxygens (including phenoxy) is 3. The van der Waals surface area contributed by atoms with Crippen LogP contribution in [0.15, 0.2) is 29.6 Å². The molecule has 0 saturated carbocycles. The summed E-state index contributed by atoms with van der Waals surface area (Å²) in [5.74, 6) is -0.495. The number of nitrogens with one attached hydrogen (secondary N) is 4. The van der Waals surface area contributed by atoms with E-state index in [-0.39, 0.29) is 30.5 Å². The minimum atomic E-state index is -0.555. The van der Waals surface area contributed by atoms with Gasteiger partial charge in [0.05, 0.1) is 13.2 Å². The van der Waals surface area contributed by atoms with Crippen molar-refractivity contribution in [2.24, 2.45) is 0 Å². The molecule has 37 heavy (non-hydrogen) atoms. The summed E-state index contributed by atoms with van der Waals surface area (Å²) in [6.45, 7) is 7.96. The maximum atomic E-state index is 12.3. The van der Waals surface area contributed by atoms with Gasteiger partial charge < -0.3 is 30.2 Å². The van der Waals surface area contributed by atoms with Crippen molar-refractivity contribution in [3.63, 3.8) is 0 Å². The lowest BCUT2D eigenvalue weighted by molar-refractivity contribution is -0.141. The molecule has 12 nitrogen and oxygen atoms in total. The molecule has 202 valence electrons. The van der Waals surface area contributed by atoms with Crippen molar-refractivity contribution >= 4 is 40.5 Å². The second-order valence-electron chi connectivity index (χ2n) is 8.57. The predicted molar refractivity (Wildman–Crippen MR) is 138 cm³/mol. The van der Waals surface area contributed by atoms with Crippen molar-refractivity contribution in [2.45, 2.75) is 46.3 Å². The molecule has 4 amide bonds. The summed E-state index contributed by atoms with van der Waals surface area (Å²) in [5.41, 5.74) is 0.279. The van der Waals surface area contributed by atoms with Gasteiger partial charge in [-0.2, -0.15) is 0 Å². The number of thiazole rings is 1. The predicted octanol–water partition coefficient (Wildman–Crippen LogP) is 3.05. The number of carbonyl (C=O) groups is 4. The SMILES string of the molecule is CCOC(=O)CNC(=O)c1csc(NC(=O)NCc2ccccc2OCCCNC(=O)OC(C)(C)C)n1. The van der Waals surface area contributed by atoms with Crippen LogP contribution < -0.4 is 26.0 Å². The smallest absolute Gasteiger partial charge is 0.407 e. The Morgan fingerprint density at radius 3 is 2.54 bits per heavy atom. The lowest BCUT2D eigenvalue weighted by Crippen LogP contribution is -2.33. The summed E-state index contributed by atoms with van der Waals surface area (Å²) in [5, 5.41) is 12.1. The van der Waals surface area contributed by atoms with E-state index in [0.717, 1.165) is 16.9 Å². The number of hydrogen-bond acceptors (Lipinski definition) is 9. The first kappa shape index (κ1) is 29.4. The topological polar surface area (TPSA) is 157 Å². The van der Waals surface area contributed by atoms with Gasteiger partial charge in [0.15, 0.2) is 5.13 Å². The molecule has 1 aromatic carbocycles. The number of hydrogen-bond donors (Lipinski definition) is 4. The highest BCUT2D eigenvalue weighted by Gasteiger charge is 2.16. The zero-order valence-electron chi connectivity index (χ0n) is 21.3. The van der Waals surface area contributed by atoms with Gasteiger partial charge in [-0.15, -0.1) is 11.3 Å². The number of urea groups is 1. The van der Waals surface area contributed by atoms with Crippen LogP contribution in [0.2, 0.25) is 0 Å². The number of nitrogens with zero attached hydrogens (tertiary/aromatic N) is 1. The second kappa shape index (κ2) is 14.6. The zero-order valence-corrected chi connectivity index (χ0v) is 22.2. The molecule has 0 aliphatic carbocycles. The zero-order chi connectivity index (χ0) is 27.3. The summed E-state index contributed by atoms with van der Waals surface area (Å²) < 4.78 is 15.7. The molecule has 0 spiro atoms. The number of carbonyl (C=O) groups excluding carboxylic acids is 4. The Morgan fingerprint density at radius 1 is 1.05 bits per heavy atom. The maximum Gasteiger partial charge on any atom is 0.407 e. The molecule has 0 fully saturated rings. The summed E-state index contributed by atoms with van der Waals surface area (Å²) in [6, 6.07) is 6.75. The van der Waals surface area contributed by atoms with Crippen LogP contribution in [0.4, 0.5) is 14.7 Å². The molecule has 4 N–H and O–H groups in total. The van der Waals surface area contributed by atoms with Gasteiger partial charge in [0.25, 0.3) is 5.91 Å². The fraction of sp³-hybridized carbons (Fsp3) is 0.458. The highest BCUT2D eigenvalue weighted by molar-refractivity contribution is 7.14. The van der Waals surface area contributed by atoms with Crippen LogP contribution in [-0.2, 0) is 20.8 Å². The van der Waals surface area contributed by atoms with Crippen LogP contribution in [-0.4, -0.2) is 60.9 Å². The van der Waals surface area contributed by atoms with E-state index in [2.05, 4.69) is 26.3 Å². The minimum absolute atomic E-state index is 0.0736. The van der Waals surface area contributed by atoms with Gasteiger partial charge in [-0.05, 0) is 40.2 Å². The lowest BCUT2D eigenvalue weighted by atomic mass is 10.2. The number of rotatable bonds is 12. The number of benzene rings is 1. The average Bonchev–Trinajstić information content (AvgIpc) is 3.29. The molecular formula is C24H33N5O7S. The largest absolute Gasteiger partial charge is 0.493 e. The van der Waals surface area contributed by atoms with Gasteiger partial charge in [-0.1, -0.05) is 18.2 Å². The van der Waals surface area contributed by atoms with Crippen LogP contribution in [0.3, 0.4) is 0 Å². The molecule has 0 unspecified atom stereocenters. The summed E-state index contributed by atoms with van der Waals surface area (Å²) >= 11 is 1.07. The Labute approximate surface area is 219 Å². The van der Waals surface area contributed by atoms with E-state index in [1.807, 2.05) is 18.2 Å². The van der Waals surface area contributed by atoms with Gasteiger partial charge in [-0.25, -0.2) is 14.6 Å². The van der Waals surface area contributed by atoms with Crippen molar-refractivity contribution in [3.05, 3.63) is 40.9 Å². The van der Waals surface area contributed by atoms with Crippen LogP contribution >= 0.6 is 11.3 Å². The molecule has 13 heteroatoms. The molecule has 0 aliphatic rings. The Bertz CT molecular complexity index is 1070. The van der Waals surface area contributed by atoms with E-state index < -0.39 is 29.6 Å². The van der Waals surface area contributed by atoms with E-state index in [4.69, 9.17) is 14.2 Å². The van der Waals surface area contributed by atoms with Crippen LogP contribution in [0.1, 0.15) is 50.2 Å². The Kier molecular flexibility index (Phi) is 11.6. The number of amides is 4. The Hall–Kier alpha value is -3.87. The van der Waals surface area contributed by atoms with Gasteiger partial charge in [-0.3, -0.25) is 14.9 Å². The number of para-hydroxylation sites is 1. The fourth-order valence-corrected chi connectivity index (χ4v) is 3.44. The number of aromatic nitrogens is 1. The van der Waals surface area contributed by atoms with Crippen LogP contribution in [0.5, 0.6) is 5.75 Å². The molecule has 1 heterocycles. The third-order valence-electron chi connectivity index (χ3n) is 4.31. The molecule has 1 aromatic heterocycles.